The summed E-state index contributed by atoms with van der Waals surface area (Å²) in [6.07, 6.45) is 1.54. The molecule has 88 valence electrons. The number of nitrogens with one attached hydrogen (secondary N) is 1. The Morgan fingerprint density at radius 2 is 2.12 bits per heavy atom. The standard InChI is InChI=1S/C12H12ClN3O/c1-17-11-5-3-2-4-10(11)16-12-9(14)6-8(13)7-15-12/h2-7H,14H2,1H3,(H,15,16). The van der Waals surface area contributed by atoms with Gasteiger partial charge in [0.2, 0.25) is 0 Å². The van der Waals surface area contributed by atoms with Crippen molar-refractivity contribution in [3.63, 3.8) is 0 Å². The third kappa shape index (κ3) is 2.60. The molecule has 2 rings (SSSR count). The van der Waals surface area contributed by atoms with Crippen molar-refractivity contribution >= 4 is 28.8 Å². The van der Waals surface area contributed by atoms with Crippen molar-refractivity contribution in [1.29, 1.82) is 0 Å². The fourth-order valence-electron chi connectivity index (χ4n) is 1.43. The zero-order valence-electron chi connectivity index (χ0n) is 9.27. The highest BCUT2D eigenvalue weighted by Crippen LogP contribution is 2.29. The van der Waals surface area contributed by atoms with Gasteiger partial charge in [-0.05, 0) is 18.2 Å². The summed E-state index contributed by atoms with van der Waals surface area (Å²) < 4.78 is 5.22. The van der Waals surface area contributed by atoms with E-state index >= 15 is 0 Å². The van der Waals surface area contributed by atoms with Gasteiger partial charge in [0, 0.05) is 6.20 Å². The number of aromatic nitrogens is 1. The van der Waals surface area contributed by atoms with Gasteiger partial charge in [0.25, 0.3) is 0 Å². The molecule has 0 saturated carbocycles. The van der Waals surface area contributed by atoms with E-state index in [1.807, 2.05) is 24.3 Å². The maximum atomic E-state index is 5.81. The smallest absolute Gasteiger partial charge is 0.153 e. The second kappa shape index (κ2) is 4.93. The van der Waals surface area contributed by atoms with Crippen molar-refractivity contribution in [3.8, 4) is 5.75 Å². The maximum absolute atomic E-state index is 5.81. The molecule has 2 aromatic rings. The molecule has 4 nitrogen and oxygen atoms in total. The van der Waals surface area contributed by atoms with E-state index in [1.165, 1.54) is 6.20 Å². The van der Waals surface area contributed by atoms with Crippen LogP contribution in [0.4, 0.5) is 17.2 Å². The summed E-state index contributed by atoms with van der Waals surface area (Å²) in [6, 6.07) is 9.18. The zero-order valence-corrected chi connectivity index (χ0v) is 10.0. The van der Waals surface area contributed by atoms with E-state index in [-0.39, 0.29) is 0 Å². The number of hydrogen-bond donors (Lipinski definition) is 2. The molecule has 0 aliphatic carbocycles. The Kier molecular flexibility index (Phi) is 3.35. The molecule has 0 aliphatic heterocycles. The monoisotopic (exact) mass is 249 g/mol. The van der Waals surface area contributed by atoms with Crippen molar-refractivity contribution in [3.05, 3.63) is 41.6 Å². The summed E-state index contributed by atoms with van der Waals surface area (Å²) in [5.41, 5.74) is 7.10. The molecular weight excluding hydrogens is 238 g/mol. The molecular formula is C12H12ClN3O. The Hall–Kier alpha value is -1.94. The van der Waals surface area contributed by atoms with Gasteiger partial charge >= 0.3 is 0 Å². The number of pyridine rings is 1. The number of methoxy groups -OCH3 is 1. The second-order valence-electron chi connectivity index (χ2n) is 3.42. The van der Waals surface area contributed by atoms with Crippen LogP contribution in [0.1, 0.15) is 0 Å². The predicted molar refractivity (Wildman–Crippen MR) is 69.9 cm³/mol. The van der Waals surface area contributed by atoms with E-state index in [0.29, 0.717) is 16.5 Å². The van der Waals surface area contributed by atoms with E-state index < -0.39 is 0 Å². The normalized spacial score (nSPS) is 10.0. The number of anilines is 3. The van der Waals surface area contributed by atoms with Crippen LogP contribution in [0, 0.1) is 0 Å². The summed E-state index contributed by atoms with van der Waals surface area (Å²) in [7, 11) is 1.61. The molecule has 1 aromatic carbocycles. The molecule has 1 heterocycles. The van der Waals surface area contributed by atoms with E-state index in [9.17, 15) is 0 Å². The van der Waals surface area contributed by atoms with E-state index in [0.717, 1.165) is 11.4 Å². The summed E-state index contributed by atoms with van der Waals surface area (Å²) in [5, 5.41) is 3.61. The van der Waals surface area contributed by atoms with Crippen molar-refractivity contribution in [2.75, 3.05) is 18.2 Å². The molecule has 0 atom stereocenters. The highest BCUT2D eigenvalue weighted by atomic mass is 35.5. The molecule has 3 N–H and O–H groups in total. The van der Waals surface area contributed by atoms with Crippen molar-refractivity contribution in [2.24, 2.45) is 0 Å². The maximum Gasteiger partial charge on any atom is 0.153 e. The first-order valence-electron chi connectivity index (χ1n) is 5.02. The minimum atomic E-state index is 0.489. The minimum Gasteiger partial charge on any atom is -0.495 e. The molecule has 5 heteroatoms. The lowest BCUT2D eigenvalue weighted by molar-refractivity contribution is 0.417. The first kappa shape index (κ1) is 11.5. The van der Waals surface area contributed by atoms with Gasteiger partial charge in [-0.1, -0.05) is 23.7 Å². The summed E-state index contributed by atoms with van der Waals surface area (Å²) in [5.74, 6) is 1.28. The summed E-state index contributed by atoms with van der Waals surface area (Å²) in [4.78, 5) is 4.12. The van der Waals surface area contributed by atoms with Crippen LogP contribution in [0.2, 0.25) is 5.02 Å². The fraction of sp³-hybridized carbons (Fsp3) is 0.0833. The van der Waals surface area contributed by atoms with Gasteiger partial charge in [-0.25, -0.2) is 4.98 Å². The van der Waals surface area contributed by atoms with E-state index in [4.69, 9.17) is 22.1 Å². The quantitative estimate of drug-likeness (QED) is 0.878. The number of rotatable bonds is 3. The molecule has 0 radical (unpaired) electrons. The Bertz CT molecular complexity index is 531. The molecule has 0 unspecified atom stereocenters. The van der Waals surface area contributed by atoms with Crippen LogP contribution in [0.5, 0.6) is 5.75 Å². The van der Waals surface area contributed by atoms with Gasteiger partial charge in [0.15, 0.2) is 5.82 Å². The lowest BCUT2D eigenvalue weighted by atomic mass is 10.3. The first-order chi connectivity index (χ1) is 8.20. The highest BCUT2D eigenvalue weighted by molar-refractivity contribution is 6.30. The average molecular weight is 250 g/mol. The number of nitrogens with two attached hydrogens (primary N) is 1. The van der Waals surface area contributed by atoms with Crippen LogP contribution >= 0.6 is 11.6 Å². The third-order valence-corrected chi connectivity index (χ3v) is 2.45. The van der Waals surface area contributed by atoms with E-state index in [1.54, 1.807) is 13.2 Å². The van der Waals surface area contributed by atoms with Crippen LogP contribution < -0.4 is 15.8 Å². The number of benzene rings is 1. The van der Waals surface area contributed by atoms with Gasteiger partial charge < -0.3 is 15.8 Å². The summed E-state index contributed by atoms with van der Waals surface area (Å²) in [6.45, 7) is 0. The summed E-state index contributed by atoms with van der Waals surface area (Å²) >= 11 is 5.78. The second-order valence-corrected chi connectivity index (χ2v) is 3.85. The molecule has 1 aromatic heterocycles. The first-order valence-corrected chi connectivity index (χ1v) is 5.39. The molecule has 0 aliphatic rings. The Morgan fingerprint density at radius 1 is 1.35 bits per heavy atom. The van der Waals surface area contributed by atoms with Gasteiger partial charge in [0.05, 0.1) is 23.5 Å². The van der Waals surface area contributed by atoms with E-state index in [2.05, 4.69) is 10.3 Å². The molecule has 0 spiro atoms. The number of halogens is 1. The highest BCUT2D eigenvalue weighted by Gasteiger charge is 2.05. The lowest BCUT2D eigenvalue weighted by Crippen LogP contribution is -2.00. The predicted octanol–water partition coefficient (Wildman–Crippen LogP) is 3.07. The van der Waals surface area contributed by atoms with Crippen LogP contribution in [0.15, 0.2) is 36.5 Å². The SMILES string of the molecule is COc1ccccc1Nc1ncc(Cl)cc1N. The third-order valence-electron chi connectivity index (χ3n) is 2.24. The Labute approximate surface area is 104 Å². The van der Waals surface area contributed by atoms with Crippen LogP contribution in [-0.2, 0) is 0 Å². The number of nitrogen functional groups attached to an aromatic ring is 1. The Morgan fingerprint density at radius 3 is 2.82 bits per heavy atom. The molecule has 0 fully saturated rings. The van der Waals surface area contributed by atoms with Gasteiger partial charge in [0.1, 0.15) is 5.75 Å². The van der Waals surface area contributed by atoms with Crippen LogP contribution in [-0.4, -0.2) is 12.1 Å². The van der Waals surface area contributed by atoms with Gasteiger partial charge in [-0.15, -0.1) is 0 Å². The largest absolute Gasteiger partial charge is 0.495 e. The average Bonchev–Trinajstić information content (AvgIpc) is 2.33. The number of hydrogen-bond acceptors (Lipinski definition) is 4. The minimum absolute atomic E-state index is 0.489. The molecule has 0 bridgehead atoms. The van der Waals surface area contributed by atoms with Crippen LogP contribution in [0.3, 0.4) is 0 Å². The zero-order chi connectivity index (χ0) is 12.3. The van der Waals surface area contributed by atoms with Crippen LogP contribution in [0.25, 0.3) is 0 Å². The Balaban J connectivity index is 2.31. The van der Waals surface area contributed by atoms with Crippen molar-refractivity contribution < 1.29 is 4.74 Å². The molecule has 17 heavy (non-hydrogen) atoms. The fourth-order valence-corrected chi connectivity index (χ4v) is 1.60. The molecule has 0 saturated heterocycles. The number of para-hydroxylation sites is 2. The van der Waals surface area contributed by atoms with Crippen molar-refractivity contribution in [2.45, 2.75) is 0 Å². The lowest BCUT2D eigenvalue weighted by Gasteiger charge is -2.11. The molecule has 0 amide bonds. The van der Waals surface area contributed by atoms with Gasteiger partial charge in [-0.2, -0.15) is 0 Å². The number of ether oxygens (including phenoxy) is 1. The topological polar surface area (TPSA) is 60.2 Å². The van der Waals surface area contributed by atoms with Crippen molar-refractivity contribution in [1.82, 2.24) is 4.98 Å². The number of nitrogens with zero attached hydrogens (tertiary/aromatic N) is 1. The van der Waals surface area contributed by atoms with Gasteiger partial charge in [-0.3, -0.25) is 0 Å².